The van der Waals surface area contributed by atoms with Crippen molar-refractivity contribution in [3.05, 3.63) is 77.5 Å². The number of benzene rings is 1. The lowest BCUT2D eigenvalue weighted by Crippen LogP contribution is -2.49. The summed E-state index contributed by atoms with van der Waals surface area (Å²) in [5.41, 5.74) is -0.0705. The summed E-state index contributed by atoms with van der Waals surface area (Å²) >= 11 is 0. The average Bonchev–Trinajstić information content (AvgIpc) is 3.03. The second-order valence-corrected chi connectivity index (χ2v) is 8.61. The highest BCUT2D eigenvalue weighted by molar-refractivity contribution is 6.03. The van der Waals surface area contributed by atoms with E-state index in [0.717, 1.165) is 0 Å². The van der Waals surface area contributed by atoms with Crippen molar-refractivity contribution in [2.45, 2.75) is 11.6 Å². The first-order valence-corrected chi connectivity index (χ1v) is 11.5. The van der Waals surface area contributed by atoms with E-state index in [2.05, 4.69) is 32.0 Å². The molecule has 2 aromatic heterocycles. The Balaban J connectivity index is 1.29. The maximum Gasteiger partial charge on any atom is 0.312 e. The van der Waals surface area contributed by atoms with Gasteiger partial charge in [-0.1, -0.05) is 18.4 Å². The molecular formula is C27H21N5O6. The second kappa shape index (κ2) is 10.2. The Hall–Kier alpha value is -4.97. The number of nitrogens with one attached hydrogen (secondary N) is 1. The number of aliphatic hydroxyl groups is 1. The largest absolute Gasteiger partial charge is 0.489 e. The van der Waals surface area contributed by atoms with Crippen LogP contribution >= 0.6 is 0 Å². The van der Waals surface area contributed by atoms with E-state index in [1.54, 1.807) is 43.4 Å². The minimum absolute atomic E-state index is 0.0171. The molecule has 0 radical (unpaired) electrons. The first-order chi connectivity index (χ1) is 18.3. The van der Waals surface area contributed by atoms with Crippen LogP contribution in [0.4, 0.5) is 11.5 Å². The highest BCUT2D eigenvalue weighted by Gasteiger charge is 2.34. The minimum atomic E-state index is -1.16. The second-order valence-electron chi connectivity index (χ2n) is 8.61. The molecule has 0 spiro atoms. The summed E-state index contributed by atoms with van der Waals surface area (Å²) in [7, 11) is 1.58. The quantitative estimate of drug-likeness (QED) is 0.403. The number of nitrogens with zero attached hydrogens (tertiary/aromatic N) is 4. The monoisotopic (exact) mass is 511 g/mol. The van der Waals surface area contributed by atoms with Gasteiger partial charge in [-0.25, -0.2) is 0 Å². The van der Waals surface area contributed by atoms with Gasteiger partial charge in [-0.05, 0) is 36.4 Å². The molecule has 3 aromatic rings. The third-order valence-electron chi connectivity index (χ3n) is 5.83. The van der Waals surface area contributed by atoms with Crippen LogP contribution < -0.4 is 19.7 Å². The Labute approximate surface area is 217 Å². The number of pyridine rings is 2. The van der Waals surface area contributed by atoms with Crippen LogP contribution in [-0.4, -0.2) is 65.4 Å². The molecule has 1 aromatic carbocycles. The van der Waals surface area contributed by atoms with Crippen molar-refractivity contribution in [1.82, 2.24) is 15.3 Å². The normalized spacial score (nSPS) is 17.3. The smallest absolute Gasteiger partial charge is 0.312 e. The summed E-state index contributed by atoms with van der Waals surface area (Å²) in [4.78, 5) is 38.9. The summed E-state index contributed by atoms with van der Waals surface area (Å²) in [5, 5.41) is 12.8. The third kappa shape index (κ3) is 5.11. The van der Waals surface area contributed by atoms with E-state index in [1.807, 2.05) is 0 Å². The van der Waals surface area contributed by atoms with Gasteiger partial charge < -0.3 is 34.4 Å². The van der Waals surface area contributed by atoms with E-state index in [4.69, 9.17) is 20.8 Å². The summed E-state index contributed by atoms with van der Waals surface area (Å²) in [6.45, 7) is 7.43. The van der Waals surface area contributed by atoms with Crippen molar-refractivity contribution >= 4 is 23.3 Å². The number of carbonyl (C=O) groups excluding carboxylic acids is 2. The third-order valence-corrected chi connectivity index (χ3v) is 5.83. The van der Waals surface area contributed by atoms with Crippen LogP contribution in [0.3, 0.4) is 0 Å². The first kappa shape index (κ1) is 24.7. The van der Waals surface area contributed by atoms with Gasteiger partial charge in [-0.3, -0.25) is 14.6 Å². The Morgan fingerprint density at radius 1 is 1.26 bits per heavy atom. The lowest BCUT2D eigenvalue weighted by Gasteiger charge is -2.30. The molecule has 4 heterocycles. The van der Waals surface area contributed by atoms with Gasteiger partial charge >= 0.3 is 5.82 Å². The maximum atomic E-state index is 13.2. The van der Waals surface area contributed by atoms with E-state index < -0.39 is 23.5 Å². The van der Waals surface area contributed by atoms with Gasteiger partial charge in [0.25, 0.3) is 11.8 Å². The number of hydrogen-bond acceptors (Lipinski definition) is 8. The van der Waals surface area contributed by atoms with Crippen molar-refractivity contribution in [3.63, 3.8) is 0 Å². The van der Waals surface area contributed by atoms with Gasteiger partial charge in [0.2, 0.25) is 0 Å². The fraction of sp³-hybridized carbons (Fsp3) is 0.222. The Bertz CT molecular complexity index is 1520. The number of hydrogen-bond donors (Lipinski definition) is 2. The van der Waals surface area contributed by atoms with E-state index >= 15 is 0 Å². The molecule has 2 N–H and O–H groups in total. The SMILES string of the molecule is [C-]#[N+]c1ncccc1Oc1ccnc(C(=O)NC2COc3ccc(C#CC4(O)COC4)cc3N(C)C2=O)c1. The average molecular weight is 511 g/mol. The molecule has 1 saturated heterocycles. The molecule has 0 aliphatic carbocycles. The lowest BCUT2D eigenvalue weighted by molar-refractivity contribution is -0.140. The predicted molar refractivity (Wildman–Crippen MR) is 134 cm³/mol. The molecule has 0 saturated carbocycles. The number of carbonyl (C=O) groups is 2. The highest BCUT2D eigenvalue weighted by atomic mass is 16.5. The van der Waals surface area contributed by atoms with Crippen molar-refractivity contribution in [1.29, 1.82) is 0 Å². The van der Waals surface area contributed by atoms with E-state index in [1.165, 1.54) is 23.4 Å². The van der Waals surface area contributed by atoms with Crippen LogP contribution in [-0.2, 0) is 9.53 Å². The van der Waals surface area contributed by atoms with Crippen LogP contribution in [0.5, 0.6) is 17.2 Å². The number of anilines is 1. The Morgan fingerprint density at radius 2 is 2.11 bits per heavy atom. The molecule has 11 heteroatoms. The van der Waals surface area contributed by atoms with Gasteiger partial charge in [-0.2, -0.15) is 0 Å². The van der Waals surface area contributed by atoms with Crippen LogP contribution in [0.2, 0.25) is 0 Å². The topological polar surface area (TPSA) is 127 Å². The molecule has 38 heavy (non-hydrogen) atoms. The molecule has 190 valence electrons. The van der Waals surface area contributed by atoms with E-state index in [0.29, 0.717) is 17.0 Å². The molecule has 5 rings (SSSR count). The number of likely N-dealkylation sites (N-methyl/N-ethyl adjacent to an activating group) is 1. The molecular weight excluding hydrogens is 490 g/mol. The number of amides is 2. The zero-order valence-corrected chi connectivity index (χ0v) is 20.2. The number of fused-ring (bicyclic) bond motifs is 1. The molecule has 0 bridgehead atoms. The number of ether oxygens (including phenoxy) is 3. The fourth-order valence-electron chi connectivity index (χ4n) is 3.74. The van der Waals surface area contributed by atoms with Crippen LogP contribution in [0.25, 0.3) is 4.85 Å². The molecule has 2 aliphatic heterocycles. The minimum Gasteiger partial charge on any atom is -0.489 e. The fourth-order valence-corrected chi connectivity index (χ4v) is 3.74. The lowest BCUT2D eigenvalue weighted by atomic mass is 10.0. The molecule has 2 aliphatic rings. The summed E-state index contributed by atoms with van der Waals surface area (Å²) in [6.07, 6.45) is 2.87. The zero-order valence-electron chi connectivity index (χ0n) is 20.2. The van der Waals surface area contributed by atoms with Crippen molar-refractivity contribution in [3.8, 4) is 29.1 Å². The van der Waals surface area contributed by atoms with Gasteiger partial charge in [0.1, 0.15) is 36.0 Å². The van der Waals surface area contributed by atoms with Crippen molar-refractivity contribution < 1.29 is 28.9 Å². The molecule has 1 fully saturated rings. The number of rotatable bonds is 4. The van der Waals surface area contributed by atoms with E-state index in [-0.39, 0.29) is 42.8 Å². The van der Waals surface area contributed by atoms with Crippen LogP contribution in [0.15, 0.2) is 54.9 Å². The predicted octanol–water partition coefficient (Wildman–Crippen LogP) is 2.09. The van der Waals surface area contributed by atoms with Crippen molar-refractivity contribution in [2.75, 3.05) is 31.8 Å². The molecule has 1 atom stereocenters. The number of aromatic nitrogens is 2. The highest BCUT2D eigenvalue weighted by Crippen LogP contribution is 2.32. The van der Waals surface area contributed by atoms with Gasteiger partial charge in [0, 0.05) is 24.9 Å². The Kier molecular flexibility index (Phi) is 6.62. The van der Waals surface area contributed by atoms with Gasteiger partial charge in [0.15, 0.2) is 11.4 Å². The molecule has 2 amide bonds. The molecule has 1 unspecified atom stereocenters. The summed E-state index contributed by atoms with van der Waals surface area (Å²) in [6, 6.07) is 10.3. The summed E-state index contributed by atoms with van der Waals surface area (Å²) in [5.74, 6) is 5.76. The zero-order chi connectivity index (χ0) is 26.7. The van der Waals surface area contributed by atoms with E-state index in [9.17, 15) is 14.7 Å². The standard InChI is InChI=1S/C27H21N5O6/c1-28-24-23(4-3-10-30-24)38-18-8-11-29-19(13-18)25(33)31-20-14-37-22-6-5-17(7-9-27(35)15-36-16-27)12-21(22)32(2)26(20)34/h3-6,8,10-13,20,35H,14-16H2,2H3,(H,31,33). The van der Waals surface area contributed by atoms with Crippen LogP contribution in [0.1, 0.15) is 16.1 Å². The van der Waals surface area contributed by atoms with Crippen LogP contribution in [0, 0.1) is 18.4 Å². The van der Waals surface area contributed by atoms with Gasteiger partial charge in [-0.15, -0.1) is 4.98 Å². The maximum absolute atomic E-state index is 13.2. The first-order valence-electron chi connectivity index (χ1n) is 11.5. The van der Waals surface area contributed by atoms with Crippen molar-refractivity contribution in [2.24, 2.45) is 0 Å². The van der Waals surface area contributed by atoms with Gasteiger partial charge in [0.05, 0.1) is 18.9 Å². The molecule has 11 nitrogen and oxygen atoms in total. The summed E-state index contributed by atoms with van der Waals surface area (Å²) < 4.78 is 16.5. The Morgan fingerprint density at radius 3 is 2.87 bits per heavy atom.